The first-order valence-electron chi connectivity index (χ1n) is 11.1. The molecule has 0 saturated carbocycles. The van der Waals surface area contributed by atoms with E-state index in [1.54, 1.807) is 11.8 Å². The molecule has 3 aliphatic heterocycles. The molecule has 8 nitrogen and oxygen atoms in total. The summed E-state index contributed by atoms with van der Waals surface area (Å²) in [4.78, 5) is 52.5. The minimum Gasteiger partial charge on any atom is -0.475 e. The van der Waals surface area contributed by atoms with E-state index in [-0.39, 0.29) is 23.8 Å². The zero-order chi connectivity index (χ0) is 26.1. The molecule has 35 heavy (non-hydrogen) atoms. The largest absolute Gasteiger partial charge is 0.490 e. The second-order valence-corrected chi connectivity index (χ2v) is 9.89. The highest BCUT2D eigenvalue weighted by Gasteiger charge is 2.72. The predicted molar refractivity (Wildman–Crippen MR) is 119 cm³/mol. The molecule has 12 heteroatoms. The number of esters is 1. The smallest absolute Gasteiger partial charge is 0.475 e. The molecule has 1 aromatic rings. The van der Waals surface area contributed by atoms with Gasteiger partial charge in [-0.15, -0.1) is 11.8 Å². The van der Waals surface area contributed by atoms with Crippen LogP contribution in [0.15, 0.2) is 29.2 Å². The molecule has 0 aromatic heterocycles. The van der Waals surface area contributed by atoms with E-state index in [1.807, 2.05) is 12.1 Å². The number of carboxylic acids is 1. The lowest BCUT2D eigenvalue weighted by atomic mass is 9.75. The number of imide groups is 1. The summed E-state index contributed by atoms with van der Waals surface area (Å²) >= 11 is 1.76. The summed E-state index contributed by atoms with van der Waals surface area (Å²) in [6.07, 6.45) is -2.75. The fraction of sp³-hybridized carbons (Fsp3) is 0.565. The summed E-state index contributed by atoms with van der Waals surface area (Å²) < 4.78 is 36.9. The first-order chi connectivity index (χ1) is 16.4. The highest BCUT2D eigenvalue weighted by Crippen LogP contribution is 2.58. The number of carbonyl (C=O) groups is 4. The molecule has 0 unspecified atom stereocenters. The Labute approximate surface area is 204 Å². The van der Waals surface area contributed by atoms with Crippen LogP contribution in [0.3, 0.4) is 0 Å². The molecule has 4 rings (SSSR count). The second-order valence-electron chi connectivity index (χ2n) is 8.56. The number of hydrogen-bond donors (Lipinski definition) is 1. The Morgan fingerprint density at radius 2 is 1.77 bits per heavy atom. The Kier molecular flexibility index (Phi) is 7.85. The number of nitrogens with zero attached hydrogens (tertiary/aromatic N) is 2. The van der Waals surface area contributed by atoms with Crippen molar-refractivity contribution in [1.29, 1.82) is 0 Å². The standard InChI is InChI=1S/C21H26N2O4S.C2HF3O2/c1-4-28-14-9-7-13(8-10-14)17-15-16(19(25)22(2)18(15)24)21(20(26)27-3)11-5-6-12-23(17)21;3-2(4,5)1(6)7/h7-10,15-17H,4-6,11-12H2,1-3H3;(H,6,7)/t15-,16-,17+,21-;/m0./s1. The van der Waals surface area contributed by atoms with Crippen molar-refractivity contribution >= 4 is 35.5 Å². The van der Waals surface area contributed by atoms with Crippen LogP contribution in [0.1, 0.15) is 37.8 Å². The predicted octanol–water partition coefficient (Wildman–Crippen LogP) is 3.12. The van der Waals surface area contributed by atoms with E-state index in [2.05, 4.69) is 24.0 Å². The van der Waals surface area contributed by atoms with Crippen LogP contribution in [-0.2, 0) is 23.9 Å². The number of fused-ring (bicyclic) bond motifs is 3. The van der Waals surface area contributed by atoms with Gasteiger partial charge in [-0.05, 0) is 49.3 Å². The minimum absolute atomic E-state index is 0.190. The van der Waals surface area contributed by atoms with Crippen LogP contribution >= 0.6 is 11.8 Å². The van der Waals surface area contributed by atoms with Crippen LogP contribution in [0.25, 0.3) is 0 Å². The van der Waals surface area contributed by atoms with Crippen molar-refractivity contribution in [2.75, 3.05) is 26.5 Å². The van der Waals surface area contributed by atoms with Gasteiger partial charge in [0.2, 0.25) is 11.8 Å². The van der Waals surface area contributed by atoms with Crippen molar-refractivity contribution in [3.05, 3.63) is 29.8 Å². The van der Waals surface area contributed by atoms with Crippen molar-refractivity contribution in [2.24, 2.45) is 11.8 Å². The molecule has 0 aliphatic carbocycles. The fourth-order valence-electron chi connectivity index (χ4n) is 5.43. The Bertz CT molecular complexity index is 1000. The maximum atomic E-state index is 13.1. The van der Waals surface area contributed by atoms with Crippen LogP contribution in [0.4, 0.5) is 13.2 Å². The molecule has 1 N–H and O–H groups in total. The highest BCUT2D eigenvalue weighted by molar-refractivity contribution is 7.99. The first kappa shape index (κ1) is 27.0. The van der Waals surface area contributed by atoms with Crippen LogP contribution < -0.4 is 0 Å². The quantitative estimate of drug-likeness (QED) is 0.370. The van der Waals surface area contributed by atoms with Crippen molar-refractivity contribution in [3.8, 4) is 0 Å². The monoisotopic (exact) mass is 516 g/mol. The van der Waals surface area contributed by atoms with E-state index in [4.69, 9.17) is 14.6 Å². The molecule has 0 radical (unpaired) electrons. The number of methoxy groups -OCH3 is 1. The summed E-state index contributed by atoms with van der Waals surface area (Å²) in [7, 11) is 2.90. The number of carboxylic acid groups (broad SMARTS) is 1. The number of benzene rings is 1. The van der Waals surface area contributed by atoms with Gasteiger partial charge in [0.1, 0.15) is 5.54 Å². The van der Waals surface area contributed by atoms with Gasteiger partial charge in [-0.25, -0.2) is 4.79 Å². The average molecular weight is 517 g/mol. The molecule has 3 saturated heterocycles. The van der Waals surface area contributed by atoms with Gasteiger partial charge >= 0.3 is 18.1 Å². The molecule has 2 amide bonds. The fourth-order valence-corrected chi connectivity index (χ4v) is 6.09. The van der Waals surface area contributed by atoms with E-state index in [9.17, 15) is 27.6 Å². The molecule has 0 spiro atoms. The summed E-state index contributed by atoms with van der Waals surface area (Å²) in [5.41, 5.74) is -0.0592. The molecule has 3 fully saturated rings. The number of rotatable bonds is 4. The number of ether oxygens (including phenoxy) is 1. The summed E-state index contributed by atoms with van der Waals surface area (Å²) in [5.74, 6) is -3.82. The number of alkyl halides is 3. The zero-order valence-corrected chi connectivity index (χ0v) is 20.3. The second kappa shape index (κ2) is 10.2. The van der Waals surface area contributed by atoms with Crippen LogP contribution in [0.2, 0.25) is 0 Å². The lowest BCUT2D eigenvalue weighted by Gasteiger charge is -2.44. The van der Waals surface area contributed by atoms with E-state index in [0.29, 0.717) is 13.0 Å². The topological polar surface area (TPSA) is 104 Å². The zero-order valence-electron chi connectivity index (χ0n) is 19.5. The maximum Gasteiger partial charge on any atom is 0.490 e. The Hall–Kier alpha value is -2.60. The third-order valence-electron chi connectivity index (χ3n) is 6.80. The molecule has 1 aromatic carbocycles. The number of thioether (sulfide) groups is 1. The van der Waals surface area contributed by atoms with Gasteiger partial charge in [-0.1, -0.05) is 19.1 Å². The first-order valence-corrected chi connectivity index (χ1v) is 12.1. The number of likely N-dealkylation sites (tertiary alicyclic amines) is 1. The number of piperidine rings is 1. The normalized spacial score (nSPS) is 28.2. The Balaban J connectivity index is 0.000000429. The Morgan fingerprint density at radius 3 is 2.29 bits per heavy atom. The molecule has 3 heterocycles. The van der Waals surface area contributed by atoms with Crippen molar-refractivity contribution < 1.29 is 42.2 Å². The maximum absolute atomic E-state index is 13.1. The molecule has 4 atom stereocenters. The van der Waals surface area contributed by atoms with E-state index in [0.717, 1.165) is 24.2 Å². The minimum atomic E-state index is -5.08. The van der Waals surface area contributed by atoms with Crippen LogP contribution in [0.5, 0.6) is 0 Å². The molecule has 192 valence electrons. The van der Waals surface area contributed by atoms with E-state index < -0.39 is 29.5 Å². The molecular weight excluding hydrogens is 489 g/mol. The number of hydrogen-bond acceptors (Lipinski definition) is 7. The number of halogens is 3. The van der Waals surface area contributed by atoms with Gasteiger partial charge < -0.3 is 9.84 Å². The molecular formula is C23H27F3N2O6S. The Morgan fingerprint density at radius 1 is 1.17 bits per heavy atom. The van der Waals surface area contributed by atoms with Gasteiger partial charge in [0.15, 0.2) is 0 Å². The number of amides is 2. The number of aliphatic carboxylic acids is 1. The van der Waals surface area contributed by atoms with Crippen LogP contribution in [0, 0.1) is 11.8 Å². The van der Waals surface area contributed by atoms with Gasteiger partial charge in [-0.2, -0.15) is 13.2 Å². The van der Waals surface area contributed by atoms with Gasteiger partial charge in [0.05, 0.1) is 18.9 Å². The van der Waals surface area contributed by atoms with Gasteiger partial charge in [0.25, 0.3) is 0 Å². The molecule has 3 aliphatic rings. The highest BCUT2D eigenvalue weighted by atomic mass is 32.2. The van der Waals surface area contributed by atoms with E-state index in [1.165, 1.54) is 24.0 Å². The van der Waals surface area contributed by atoms with Crippen molar-refractivity contribution in [1.82, 2.24) is 9.80 Å². The number of carbonyl (C=O) groups excluding carboxylic acids is 3. The van der Waals surface area contributed by atoms with Crippen molar-refractivity contribution in [3.63, 3.8) is 0 Å². The lowest BCUT2D eigenvalue weighted by Crippen LogP contribution is -2.59. The van der Waals surface area contributed by atoms with Crippen LogP contribution in [-0.4, -0.2) is 76.8 Å². The van der Waals surface area contributed by atoms with Crippen molar-refractivity contribution in [2.45, 2.75) is 48.8 Å². The van der Waals surface area contributed by atoms with Gasteiger partial charge in [-0.3, -0.25) is 24.2 Å². The average Bonchev–Trinajstić information content (AvgIpc) is 3.25. The third-order valence-corrected chi connectivity index (χ3v) is 7.69. The molecule has 0 bridgehead atoms. The SMILES string of the molecule is CCSc1ccc([C@@H]2[C@H]3C(=O)N(C)C(=O)[C@H]3[C@]3(C(=O)OC)CCCCN23)cc1.O=C(O)C(F)(F)F. The summed E-state index contributed by atoms with van der Waals surface area (Å²) in [6, 6.07) is 7.92. The van der Waals surface area contributed by atoms with E-state index >= 15 is 0 Å². The third kappa shape index (κ3) is 4.65. The summed E-state index contributed by atoms with van der Waals surface area (Å²) in [5, 5.41) is 7.12. The van der Waals surface area contributed by atoms with Gasteiger partial charge in [0, 0.05) is 18.0 Å². The summed E-state index contributed by atoms with van der Waals surface area (Å²) in [6.45, 7) is 2.79. The lowest BCUT2D eigenvalue weighted by molar-refractivity contribution is -0.192.